The monoisotopic (exact) mass is 745 g/mol. The number of aromatic nitrogens is 2. The number of nitrogens with two attached hydrogens (primary N) is 1. The second-order valence-corrected chi connectivity index (χ2v) is 15.4. The van der Waals surface area contributed by atoms with Crippen LogP contribution in [-0.2, 0) is 30.4 Å². The van der Waals surface area contributed by atoms with Crippen molar-refractivity contribution in [3.05, 3.63) is 95.3 Å². The molecule has 5 rings (SSSR count). The number of hydrogen-bond donors (Lipinski definition) is 2. The number of halogens is 2. The van der Waals surface area contributed by atoms with Gasteiger partial charge < -0.3 is 15.7 Å². The number of carbonyl (C=O) groups is 5. The van der Waals surface area contributed by atoms with Crippen molar-refractivity contribution in [2.45, 2.75) is 84.2 Å². The summed E-state index contributed by atoms with van der Waals surface area (Å²) in [6, 6.07) is 10.9. The van der Waals surface area contributed by atoms with Gasteiger partial charge >= 0.3 is 0 Å². The van der Waals surface area contributed by atoms with E-state index >= 15 is 4.39 Å². The maximum Gasteiger partial charge on any atom is 0.253 e. The number of imide groups is 1. The lowest BCUT2D eigenvalue weighted by Crippen LogP contribution is -2.46. The highest BCUT2D eigenvalue weighted by molar-refractivity contribution is 6.12. The number of Topliss-reactive ketones (excluding diaryl/α,β-unsaturated/α-hetero) is 2. The van der Waals surface area contributed by atoms with Crippen molar-refractivity contribution in [1.82, 2.24) is 19.6 Å². The molecular weight excluding hydrogens is 696 g/mol. The van der Waals surface area contributed by atoms with Crippen molar-refractivity contribution in [3.63, 3.8) is 0 Å². The van der Waals surface area contributed by atoms with E-state index in [-0.39, 0.29) is 73.3 Å². The first-order valence-electron chi connectivity index (χ1n) is 18.5. The molecule has 0 radical (unpaired) electrons. The lowest BCUT2D eigenvalue weighted by Gasteiger charge is -2.40. The standard InChI is InChI=1S/C41H49F2N5O6/c1-41(2,3)40(39-29(20-26-8-5-4-6-9-26)24-48(45-39)33-23-30(42)13-14-31(33)43)47(38(54)25-49)19-17-32(44)35(51)22-27-11-12-28(21-27)34(50)10-7-18-46-36(52)15-16-37(46)53/h4-6,8-9,13-16,23-24,27-28,32,40,49H,7,10-12,17-22,25,44H2,1-3H3/t27-,28+,32+,40+/m1/s1. The molecule has 3 N–H and O–H groups in total. The van der Waals surface area contributed by atoms with Gasteiger partial charge in [0.25, 0.3) is 11.8 Å². The van der Waals surface area contributed by atoms with Gasteiger partial charge in [-0.05, 0) is 61.1 Å². The number of benzene rings is 2. The molecule has 54 heavy (non-hydrogen) atoms. The summed E-state index contributed by atoms with van der Waals surface area (Å²) in [6.45, 7) is 5.14. The highest BCUT2D eigenvalue weighted by Crippen LogP contribution is 2.40. The van der Waals surface area contributed by atoms with Crippen LogP contribution in [0.15, 0.2) is 66.9 Å². The predicted molar refractivity (Wildman–Crippen MR) is 197 cm³/mol. The molecule has 0 bridgehead atoms. The Morgan fingerprint density at radius 3 is 2.41 bits per heavy atom. The molecule has 0 unspecified atom stereocenters. The predicted octanol–water partition coefficient (Wildman–Crippen LogP) is 5.02. The molecular formula is C41H49F2N5O6. The highest BCUT2D eigenvalue weighted by atomic mass is 19.1. The van der Waals surface area contributed by atoms with Crippen LogP contribution in [0, 0.1) is 28.9 Å². The number of nitrogens with zero attached hydrogens (tertiary/aromatic N) is 4. The molecule has 0 saturated heterocycles. The molecule has 1 aliphatic heterocycles. The molecule has 1 aliphatic carbocycles. The summed E-state index contributed by atoms with van der Waals surface area (Å²) in [5, 5.41) is 14.9. The highest BCUT2D eigenvalue weighted by Gasteiger charge is 2.39. The number of ketones is 2. The Labute approximate surface area is 314 Å². The molecule has 2 aliphatic rings. The first kappa shape index (κ1) is 40.3. The van der Waals surface area contributed by atoms with Crippen LogP contribution in [0.25, 0.3) is 5.69 Å². The van der Waals surface area contributed by atoms with E-state index in [9.17, 15) is 33.5 Å². The van der Waals surface area contributed by atoms with Gasteiger partial charge in [-0.3, -0.25) is 28.9 Å². The van der Waals surface area contributed by atoms with Gasteiger partial charge in [-0.1, -0.05) is 51.1 Å². The molecule has 3 amide bonds. The smallest absolute Gasteiger partial charge is 0.253 e. The molecule has 0 spiro atoms. The average molecular weight is 746 g/mol. The zero-order valence-corrected chi connectivity index (χ0v) is 31.0. The lowest BCUT2D eigenvalue weighted by atomic mass is 9.81. The Kier molecular flexibility index (Phi) is 13.1. The summed E-state index contributed by atoms with van der Waals surface area (Å²) in [6.07, 6.45) is 7.26. The number of aliphatic hydroxyl groups excluding tert-OH is 1. The van der Waals surface area contributed by atoms with E-state index in [0.717, 1.165) is 28.7 Å². The van der Waals surface area contributed by atoms with E-state index < -0.39 is 41.6 Å². The van der Waals surface area contributed by atoms with Gasteiger partial charge in [-0.25, -0.2) is 13.5 Å². The van der Waals surface area contributed by atoms with E-state index in [1.165, 1.54) is 21.7 Å². The third-order valence-electron chi connectivity index (χ3n) is 10.3. The van der Waals surface area contributed by atoms with Crippen LogP contribution in [0.2, 0.25) is 0 Å². The van der Waals surface area contributed by atoms with E-state index in [2.05, 4.69) is 0 Å². The van der Waals surface area contributed by atoms with Crippen LogP contribution >= 0.6 is 0 Å². The van der Waals surface area contributed by atoms with E-state index in [1.54, 1.807) is 6.20 Å². The topological polar surface area (TPSA) is 156 Å². The van der Waals surface area contributed by atoms with Gasteiger partial charge in [0.2, 0.25) is 5.91 Å². The fourth-order valence-electron chi connectivity index (χ4n) is 7.60. The maximum atomic E-state index is 15.0. The van der Waals surface area contributed by atoms with Gasteiger partial charge in [-0.2, -0.15) is 5.10 Å². The van der Waals surface area contributed by atoms with Crippen molar-refractivity contribution < 1.29 is 37.9 Å². The Balaban J connectivity index is 1.28. The van der Waals surface area contributed by atoms with Crippen molar-refractivity contribution >= 4 is 29.3 Å². The number of amides is 3. The second kappa shape index (κ2) is 17.5. The largest absolute Gasteiger partial charge is 0.387 e. The summed E-state index contributed by atoms with van der Waals surface area (Å²) in [5.41, 5.74) is 7.71. The van der Waals surface area contributed by atoms with Gasteiger partial charge in [0.1, 0.15) is 35.5 Å². The molecule has 1 fully saturated rings. The van der Waals surface area contributed by atoms with Crippen LogP contribution in [0.3, 0.4) is 0 Å². The second-order valence-electron chi connectivity index (χ2n) is 15.4. The minimum atomic E-state index is -0.916. The number of hydrogen-bond acceptors (Lipinski definition) is 8. The third-order valence-corrected chi connectivity index (χ3v) is 10.3. The SMILES string of the molecule is CC(C)(C)[C@H](c1nn(-c2cc(F)ccc2F)cc1Cc1ccccc1)N(CC[C@H](N)C(=O)C[C@@H]1CC[C@H](C(=O)CCCN2C(=O)C=CC2=O)C1)C(=O)CO. The van der Waals surface area contributed by atoms with Crippen molar-refractivity contribution in [2.75, 3.05) is 19.7 Å². The minimum absolute atomic E-state index is 0.0174. The fourth-order valence-corrected chi connectivity index (χ4v) is 7.60. The van der Waals surface area contributed by atoms with Crippen molar-refractivity contribution in [2.24, 2.45) is 23.0 Å². The summed E-state index contributed by atoms with van der Waals surface area (Å²) in [4.78, 5) is 65.9. The summed E-state index contributed by atoms with van der Waals surface area (Å²) >= 11 is 0. The van der Waals surface area contributed by atoms with Gasteiger partial charge in [0.05, 0.1) is 17.8 Å². The van der Waals surface area contributed by atoms with Crippen LogP contribution in [0.1, 0.15) is 88.6 Å². The Morgan fingerprint density at radius 1 is 1.04 bits per heavy atom. The Hall–Kier alpha value is -4.88. The summed E-state index contributed by atoms with van der Waals surface area (Å²) in [5.74, 6) is -3.01. The first-order chi connectivity index (χ1) is 25.7. The zero-order valence-electron chi connectivity index (χ0n) is 31.0. The number of rotatable bonds is 17. The van der Waals surface area contributed by atoms with Crippen molar-refractivity contribution in [1.29, 1.82) is 0 Å². The summed E-state index contributed by atoms with van der Waals surface area (Å²) < 4.78 is 30.6. The van der Waals surface area contributed by atoms with Crippen LogP contribution in [0.4, 0.5) is 8.78 Å². The average Bonchev–Trinajstić information content (AvgIpc) is 3.86. The van der Waals surface area contributed by atoms with Crippen LogP contribution in [0.5, 0.6) is 0 Å². The van der Waals surface area contributed by atoms with E-state index in [1.807, 2.05) is 51.1 Å². The quantitative estimate of drug-likeness (QED) is 0.183. The maximum absolute atomic E-state index is 15.0. The third kappa shape index (κ3) is 9.80. The fraction of sp³-hybridized carbons (Fsp3) is 0.463. The zero-order chi connectivity index (χ0) is 39.2. The van der Waals surface area contributed by atoms with Gasteiger partial charge in [-0.15, -0.1) is 0 Å². The van der Waals surface area contributed by atoms with E-state index in [4.69, 9.17) is 10.8 Å². The molecule has 1 saturated carbocycles. The van der Waals surface area contributed by atoms with E-state index in [0.29, 0.717) is 43.4 Å². The molecule has 1 aromatic heterocycles. The van der Waals surface area contributed by atoms with Gasteiger partial charge in [0, 0.05) is 68.2 Å². The molecule has 2 heterocycles. The first-order valence-corrected chi connectivity index (χ1v) is 18.5. The minimum Gasteiger partial charge on any atom is -0.387 e. The van der Waals surface area contributed by atoms with Gasteiger partial charge in [0.15, 0.2) is 0 Å². The van der Waals surface area contributed by atoms with Crippen LogP contribution in [-0.4, -0.2) is 79.7 Å². The van der Waals surface area contributed by atoms with Crippen molar-refractivity contribution in [3.8, 4) is 5.69 Å². The summed E-state index contributed by atoms with van der Waals surface area (Å²) in [7, 11) is 0. The van der Waals surface area contributed by atoms with Crippen LogP contribution < -0.4 is 5.73 Å². The molecule has 13 heteroatoms. The normalized spacial score (nSPS) is 18.3. The lowest BCUT2D eigenvalue weighted by molar-refractivity contribution is -0.140. The Morgan fingerprint density at radius 2 is 1.74 bits per heavy atom. The molecule has 4 atom stereocenters. The molecule has 11 nitrogen and oxygen atoms in total. The number of aliphatic hydroxyl groups is 1. The number of carbonyl (C=O) groups excluding carboxylic acids is 5. The molecule has 3 aromatic rings. The Bertz CT molecular complexity index is 1870. The molecule has 2 aromatic carbocycles. The molecule has 288 valence electrons.